The van der Waals surface area contributed by atoms with Gasteiger partial charge < -0.3 is 34.3 Å². The average Bonchev–Trinajstić information content (AvgIpc) is 3.45. The Bertz CT molecular complexity index is 1200. The quantitative estimate of drug-likeness (QED) is 0.234. The van der Waals surface area contributed by atoms with Gasteiger partial charge in [-0.2, -0.15) is 0 Å². The Morgan fingerprint density at radius 2 is 1.62 bits per heavy atom. The van der Waals surface area contributed by atoms with Crippen LogP contribution < -0.4 is 0 Å². The molecule has 0 saturated carbocycles. The third kappa shape index (κ3) is 9.82. The molecule has 0 aliphatic carbocycles. The Kier molecular flexibility index (Phi) is 11.6. The number of nitrogens with zero attached hydrogens (tertiary/aromatic N) is 4. The fourth-order valence-corrected chi connectivity index (χ4v) is 4.14. The van der Waals surface area contributed by atoms with E-state index >= 15 is 0 Å². The van der Waals surface area contributed by atoms with Gasteiger partial charge in [-0.1, -0.05) is 12.1 Å². The van der Waals surface area contributed by atoms with E-state index in [2.05, 4.69) is 66.6 Å². The second-order valence-corrected chi connectivity index (χ2v) is 9.91. The highest BCUT2D eigenvalue weighted by atomic mass is 16.4. The molecule has 39 heavy (non-hydrogen) atoms. The van der Waals surface area contributed by atoms with Crippen LogP contribution in [0.1, 0.15) is 50.7 Å². The van der Waals surface area contributed by atoms with Crippen molar-refractivity contribution in [3.05, 3.63) is 54.2 Å². The summed E-state index contributed by atoms with van der Waals surface area (Å²) in [6.45, 7) is 8.17. The molecule has 0 aliphatic heterocycles. The van der Waals surface area contributed by atoms with Crippen molar-refractivity contribution in [1.29, 1.82) is 0 Å². The van der Waals surface area contributed by atoms with Gasteiger partial charge in [-0.05, 0) is 65.2 Å². The van der Waals surface area contributed by atoms with E-state index in [0.29, 0.717) is 6.04 Å². The number of aliphatic hydroxyl groups is 1. The molecular weight excluding hydrogens is 508 g/mol. The number of carboxylic acids is 3. The highest BCUT2D eigenvalue weighted by Crippen LogP contribution is 2.23. The number of hydrogen-bond donors (Lipinski definition) is 4. The van der Waals surface area contributed by atoms with Crippen molar-refractivity contribution >= 4 is 28.9 Å². The van der Waals surface area contributed by atoms with E-state index in [0.717, 1.165) is 49.7 Å². The first-order valence-electron chi connectivity index (χ1n) is 12.6. The topological polar surface area (TPSA) is 170 Å². The fourth-order valence-electron chi connectivity index (χ4n) is 4.14. The molecule has 0 unspecified atom stereocenters. The smallest absolute Gasteiger partial charge is 0.336 e. The Morgan fingerprint density at radius 3 is 2.13 bits per heavy atom. The number of aromatic nitrogens is 2. The van der Waals surface area contributed by atoms with Crippen LogP contribution in [0.15, 0.2) is 47.1 Å². The standard InChI is InChI=1S/C21H30N4O.C6H8O7/c1-17(2)25-20-11-6-5-10-19(20)22-21(25)16-24(13-8-12-23(3)4)15-18-9-7-14-26-18;7-3(8)1-6(13,5(11)12)2-4(9)10/h5-7,9-11,14,17H,8,12-13,15-16H2,1-4H3;13H,1-2H2,(H,7,8)(H,9,10)(H,11,12). The molecule has 1 aromatic carbocycles. The van der Waals surface area contributed by atoms with Crippen LogP contribution in [0.5, 0.6) is 0 Å². The third-order valence-corrected chi connectivity index (χ3v) is 5.87. The van der Waals surface area contributed by atoms with Crippen molar-refractivity contribution in [2.45, 2.75) is 57.8 Å². The summed E-state index contributed by atoms with van der Waals surface area (Å²) in [5.41, 5.74) is -0.455. The van der Waals surface area contributed by atoms with Crippen molar-refractivity contribution in [3.8, 4) is 0 Å². The molecule has 0 amide bonds. The molecule has 2 heterocycles. The molecule has 0 spiro atoms. The maximum atomic E-state index is 10.3. The average molecular weight is 547 g/mol. The van der Waals surface area contributed by atoms with Crippen LogP contribution in [0.4, 0.5) is 0 Å². The van der Waals surface area contributed by atoms with Crippen molar-refractivity contribution in [3.63, 3.8) is 0 Å². The van der Waals surface area contributed by atoms with Gasteiger partial charge in [-0.15, -0.1) is 0 Å². The third-order valence-electron chi connectivity index (χ3n) is 5.87. The van der Waals surface area contributed by atoms with E-state index < -0.39 is 36.4 Å². The van der Waals surface area contributed by atoms with Gasteiger partial charge >= 0.3 is 17.9 Å². The van der Waals surface area contributed by atoms with E-state index in [4.69, 9.17) is 29.8 Å². The van der Waals surface area contributed by atoms with Crippen LogP contribution in [-0.4, -0.2) is 90.5 Å². The zero-order valence-electron chi connectivity index (χ0n) is 22.8. The molecule has 214 valence electrons. The molecule has 3 rings (SSSR count). The number of furan rings is 1. The van der Waals surface area contributed by atoms with Crippen LogP contribution >= 0.6 is 0 Å². The summed E-state index contributed by atoms with van der Waals surface area (Å²) in [6, 6.07) is 12.8. The predicted octanol–water partition coefficient (Wildman–Crippen LogP) is 2.92. The summed E-state index contributed by atoms with van der Waals surface area (Å²) in [6.07, 6.45) is 0.579. The Balaban J connectivity index is 0.000000349. The molecule has 12 nitrogen and oxygen atoms in total. The van der Waals surface area contributed by atoms with E-state index in [1.165, 1.54) is 5.52 Å². The summed E-state index contributed by atoms with van der Waals surface area (Å²) in [5.74, 6) is -2.89. The summed E-state index contributed by atoms with van der Waals surface area (Å²) >= 11 is 0. The lowest BCUT2D eigenvalue weighted by Gasteiger charge is -2.23. The summed E-state index contributed by atoms with van der Waals surface area (Å²) in [5, 5.41) is 33.8. The minimum Gasteiger partial charge on any atom is -0.481 e. The van der Waals surface area contributed by atoms with Gasteiger partial charge in [0.25, 0.3) is 0 Å². The first-order chi connectivity index (χ1) is 18.3. The lowest BCUT2D eigenvalue weighted by atomic mass is 9.96. The van der Waals surface area contributed by atoms with Gasteiger partial charge in [0, 0.05) is 12.6 Å². The zero-order chi connectivity index (χ0) is 29.2. The lowest BCUT2D eigenvalue weighted by molar-refractivity contribution is -0.170. The molecule has 0 atom stereocenters. The van der Waals surface area contributed by atoms with E-state index in [1.54, 1.807) is 6.26 Å². The number of imidazole rings is 1. The second kappa shape index (κ2) is 14.4. The zero-order valence-corrected chi connectivity index (χ0v) is 22.8. The number of fused-ring (bicyclic) bond motifs is 1. The molecule has 0 bridgehead atoms. The number of carboxylic acid groups (broad SMARTS) is 3. The van der Waals surface area contributed by atoms with Gasteiger partial charge in [0.2, 0.25) is 0 Å². The molecule has 0 aliphatic rings. The van der Waals surface area contributed by atoms with Crippen LogP contribution in [0.3, 0.4) is 0 Å². The highest BCUT2D eigenvalue weighted by molar-refractivity contribution is 5.88. The normalized spacial score (nSPS) is 11.7. The minimum absolute atomic E-state index is 0.379. The van der Waals surface area contributed by atoms with Crippen LogP contribution in [0, 0.1) is 0 Å². The number of hydrogen-bond acceptors (Lipinski definition) is 8. The van der Waals surface area contributed by atoms with Crippen molar-refractivity contribution in [1.82, 2.24) is 19.4 Å². The molecule has 2 aromatic heterocycles. The monoisotopic (exact) mass is 546 g/mol. The maximum absolute atomic E-state index is 10.3. The van der Waals surface area contributed by atoms with E-state index in [-0.39, 0.29) is 0 Å². The first kappa shape index (κ1) is 31.5. The minimum atomic E-state index is -2.74. The van der Waals surface area contributed by atoms with Crippen molar-refractivity contribution in [2.75, 3.05) is 27.2 Å². The van der Waals surface area contributed by atoms with Gasteiger partial charge in [0.1, 0.15) is 11.6 Å². The molecule has 4 N–H and O–H groups in total. The van der Waals surface area contributed by atoms with Gasteiger partial charge in [-0.3, -0.25) is 14.5 Å². The van der Waals surface area contributed by atoms with Gasteiger partial charge in [-0.25, -0.2) is 9.78 Å². The number of aliphatic carboxylic acids is 3. The Labute approximate surface area is 227 Å². The van der Waals surface area contributed by atoms with Crippen molar-refractivity contribution < 1.29 is 39.2 Å². The number of benzene rings is 1. The van der Waals surface area contributed by atoms with E-state index in [1.807, 2.05) is 12.1 Å². The first-order valence-corrected chi connectivity index (χ1v) is 12.6. The van der Waals surface area contributed by atoms with Crippen molar-refractivity contribution in [2.24, 2.45) is 0 Å². The van der Waals surface area contributed by atoms with Gasteiger partial charge in [0.05, 0.1) is 43.2 Å². The highest BCUT2D eigenvalue weighted by Gasteiger charge is 2.40. The summed E-state index contributed by atoms with van der Waals surface area (Å²) < 4.78 is 7.94. The Hall–Kier alpha value is -3.74. The largest absolute Gasteiger partial charge is 0.481 e. The molecular formula is C27H38N4O8. The van der Waals surface area contributed by atoms with Crippen LogP contribution in [0.25, 0.3) is 11.0 Å². The fraction of sp³-hybridized carbons (Fsp3) is 0.481. The van der Waals surface area contributed by atoms with Crippen LogP contribution in [-0.2, 0) is 27.5 Å². The van der Waals surface area contributed by atoms with Gasteiger partial charge in [0.15, 0.2) is 5.60 Å². The summed E-state index contributed by atoms with van der Waals surface area (Å²) in [4.78, 5) is 40.1. The number of para-hydroxylation sites is 2. The molecule has 12 heteroatoms. The second-order valence-electron chi connectivity index (χ2n) is 9.91. The maximum Gasteiger partial charge on any atom is 0.336 e. The number of rotatable bonds is 14. The molecule has 0 radical (unpaired) electrons. The lowest BCUT2D eigenvalue weighted by Crippen LogP contribution is -2.42. The predicted molar refractivity (Wildman–Crippen MR) is 143 cm³/mol. The molecule has 3 aromatic rings. The summed E-state index contributed by atoms with van der Waals surface area (Å²) in [7, 11) is 4.24. The molecule has 0 fully saturated rings. The Morgan fingerprint density at radius 1 is 0.974 bits per heavy atom. The number of carbonyl (C=O) groups is 3. The van der Waals surface area contributed by atoms with Crippen LogP contribution in [0.2, 0.25) is 0 Å². The van der Waals surface area contributed by atoms with E-state index in [9.17, 15) is 14.4 Å². The molecule has 0 saturated heterocycles. The SMILES string of the molecule is CC(C)n1c(CN(CCCN(C)C)Cc2ccco2)nc2ccccc21.O=C(O)CC(O)(CC(=O)O)C(=O)O.